The molecule has 0 spiro atoms. The first-order valence-corrected chi connectivity index (χ1v) is 6.37. The lowest BCUT2D eigenvalue weighted by Crippen LogP contribution is -2.26. The van der Waals surface area contributed by atoms with E-state index in [0.29, 0.717) is 13.1 Å². The molecule has 0 amide bonds. The molecule has 6 nitrogen and oxygen atoms in total. The number of hydrogen-bond acceptors (Lipinski definition) is 6. The Morgan fingerprint density at radius 3 is 1.72 bits per heavy atom. The number of hydrogen-bond donors (Lipinski definition) is 2. The second-order valence-corrected chi connectivity index (χ2v) is 4.25. The summed E-state index contributed by atoms with van der Waals surface area (Å²) in [6.45, 7) is 8.90. The Morgan fingerprint density at radius 1 is 0.944 bits per heavy atom. The van der Waals surface area contributed by atoms with Gasteiger partial charge in [0.1, 0.15) is 11.7 Å². The molecule has 6 heteroatoms. The van der Waals surface area contributed by atoms with Crippen LogP contribution in [0.15, 0.2) is 20.0 Å². The van der Waals surface area contributed by atoms with E-state index in [2.05, 4.69) is 30.6 Å². The Balaban J connectivity index is 1.78. The lowest BCUT2D eigenvalue weighted by Gasteiger charge is -2.02. The predicted octanol–water partition coefficient (Wildman–Crippen LogP) is -0.0884. The van der Waals surface area contributed by atoms with Crippen LogP contribution < -0.4 is 10.6 Å². The highest BCUT2D eigenvalue weighted by molar-refractivity contribution is 6.41. The van der Waals surface area contributed by atoms with Gasteiger partial charge in [-0.25, -0.2) is 0 Å². The van der Waals surface area contributed by atoms with Crippen molar-refractivity contribution in [3.05, 3.63) is 0 Å². The summed E-state index contributed by atoms with van der Waals surface area (Å²) >= 11 is 0. The summed E-state index contributed by atoms with van der Waals surface area (Å²) in [5.41, 5.74) is 1.94. The van der Waals surface area contributed by atoms with Crippen LogP contribution in [-0.2, 0) is 0 Å². The van der Waals surface area contributed by atoms with E-state index >= 15 is 0 Å². The normalized spacial score (nSPS) is 20.3. The van der Waals surface area contributed by atoms with Crippen molar-refractivity contribution in [2.45, 2.75) is 13.8 Å². The number of nitrogens with zero attached hydrogens (tertiary/aromatic N) is 4. The van der Waals surface area contributed by atoms with Gasteiger partial charge in [-0.15, -0.1) is 0 Å². The fourth-order valence-corrected chi connectivity index (χ4v) is 1.87. The van der Waals surface area contributed by atoms with Crippen LogP contribution in [0.5, 0.6) is 0 Å². The van der Waals surface area contributed by atoms with Gasteiger partial charge in [0, 0.05) is 13.1 Å². The van der Waals surface area contributed by atoms with Crippen molar-refractivity contribution >= 4 is 23.1 Å². The van der Waals surface area contributed by atoms with Gasteiger partial charge in [-0.05, 0) is 13.8 Å². The monoisotopic (exact) mass is 248 g/mol. The van der Waals surface area contributed by atoms with E-state index in [1.807, 2.05) is 13.8 Å². The van der Waals surface area contributed by atoms with Crippen molar-refractivity contribution in [3.63, 3.8) is 0 Å². The van der Waals surface area contributed by atoms with Crippen LogP contribution in [0.4, 0.5) is 0 Å². The molecule has 0 aromatic heterocycles. The molecular formula is C12H20N6. The molecule has 2 aliphatic rings. The van der Waals surface area contributed by atoms with E-state index < -0.39 is 0 Å². The third-order valence-corrected chi connectivity index (χ3v) is 2.83. The fraction of sp³-hybridized carbons (Fsp3) is 0.667. The first-order chi connectivity index (χ1) is 8.77. The van der Waals surface area contributed by atoms with Crippen LogP contribution in [0.25, 0.3) is 0 Å². The molecule has 0 atom stereocenters. The van der Waals surface area contributed by atoms with Crippen LogP contribution in [0, 0.1) is 0 Å². The number of nitrogens with one attached hydrogen (secondary N) is 2. The quantitative estimate of drug-likeness (QED) is 0.527. The largest absolute Gasteiger partial charge is 0.367 e. The smallest absolute Gasteiger partial charge is 0.142 e. The minimum absolute atomic E-state index is 0.692. The topological polar surface area (TPSA) is 73.5 Å². The Morgan fingerprint density at radius 2 is 1.39 bits per heavy atom. The summed E-state index contributed by atoms with van der Waals surface area (Å²) in [5, 5.41) is 6.41. The summed E-state index contributed by atoms with van der Waals surface area (Å²) in [4.78, 5) is 17.6. The minimum Gasteiger partial charge on any atom is -0.367 e. The van der Waals surface area contributed by atoms with Gasteiger partial charge in [-0.2, -0.15) is 0 Å². The van der Waals surface area contributed by atoms with Crippen molar-refractivity contribution in [2.24, 2.45) is 20.0 Å². The molecule has 2 heterocycles. The zero-order valence-electron chi connectivity index (χ0n) is 11.0. The molecule has 0 aromatic rings. The number of aliphatic imine (C=N–C) groups is 4. The number of amidine groups is 2. The molecule has 0 saturated heterocycles. The molecule has 2 N–H and O–H groups in total. The van der Waals surface area contributed by atoms with Crippen LogP contribution in [-0.4, -0.2) is 62.4 Å². The van der Waals surface area contributed by atoms with Crippen LogP contribution in [0.1, 0.15) is 13.8 Å². The zero-order chi connectivity index (χ0) is 12.8. The van der Waals surface area contributed by atoms with Crippen LogP contribution in [0.2, 0.25) is 0 Å². The highest BCUT2D eigenvalue weighted by Gasteiger charge is 2.08. The average molecular weight is 248 g/mol. The third-order valence-electron chi connectivity index (χ3n) is 2.83. The zero-order valence-corrected chi connectivity index (χ0v) is 11.0. The van der Waals surface area contributed by atoms with E-state index in [4.69, 9.17) is 0 Å². The molecule has 18 heavy (non-hydrogen) atoms. The molecule has 0 saturated carbocycles. The van der Waals surface area contributed by atoms with Gasteiger partial charge in [-0.1, -0.05) is 0 Å². The molecule has 0 unspecified atom stereocenters. The Kier molecular flexibility index (Phi) is 4.44. The highest BCUT2D eigenvalue weighted by atomic mass is 15.1. The summed E-state index contributed by atoms with van der Waals surface area (Å²) in [6, 6.07) is 0. The van der Waals surface area contributed by atoms with Crippen LogP contribution in [0.3, 0.4) is 0 Å². The molecular weight excluding hydrogens is 228 g/mol. The Labute approximate surface area is 107 Å². The average Bonchev–Trinajstić information content (AvgIpc) is 3.05. The van der Waals surface area contributed by atoms with E-state index in [1.54, 1.807) is 0 Å². The van der Waals surface area contributed by atoms with Gasteiger partial charge in [-0.3, -0.25) is 20.0 Å². The summed E-state index contributed by atoms with van der Waals surface area (Å²) in [5.74, 6) is 1.86. The van der Waals surface area contributed by atoms with Gasteiger partial charge in [0.25, 0.3) is 0 Å². The van der Waals surface area contributed by atoms with Gasteiger partial charge < -0.3 is 10.6 Å². The lowest BCUT2D eigenvalue weighted by atomic mass is 10.3. The van der Waals surface area contributed by atoms with Gasteiger partial charge in [0.2, 0.25) is 0 Å². The van der Waals surface area contributed by atoms with Crippen molar-refractivity contribution in [2.75, 3.05) is 39.3 Å². The highest BCUT2D eigenvalue weighted by Crippen LogP contribution is 1.92. The van der Waals surface area contributed by atoms with E-state index in [9.17, 15) is 0 Å². The van der Waals surface area contributed by atoms with E-state index in [0.717, 1.165) is 49.3 Å². The predicted molar refractivity (Wildman–Crippen MR) is 76.6 cm³/mol. The van der Waals surface area contributed by atoms with E-state index in [-0.39, 0.29) is 0 Å². The fourth-order valence-electron chi connectivity index (χ4n) is 1.87. The van der Waals surface area contributed by atoms with Crippen molar-refractivity contribution in [1.82, 2.24) is 10.6 Å². The molecule has 98 valence electrons. The number of rotatable bonds is 5. The molecule has 0 fully saturated rings. The first kappa shape index (κ1) is 12.7. The standard InChI is InChI=1S/C12H20N6/c1-9(11-15-5-6-16-11)13-3-4-14-10(2)12-17-7-8-18-12/h3-8H2,1-2H3,(H,15,16)(H,17,18). The molecule has 0 radical (unpaired) electrons. The summed E-state index contributed by atoms with van der Waals surface area (Å²) < 4.78 is 0. The maximum atomic E-state index is 4.46. The maximum Gasteiger partial charge on any atom is 0.142 e. The molecule has 0 bridgehead atoms. The van der Waals surface area contributed by atoms with Crippen molar-refractivity contribution in [3.8, 4) is 0 Å². The summed E-state index contributed by atoms with van der Waals surface area (Å²) in [6.07, 6.45) is 0. The second kappa shape index (κ2) is 6.28. The van der Waals surface area contributed by atoms with Gasteiger partial charge in [0.15, 0.2) is 0 Å². The molecule has 0 aliphatic carbocycles. The SMILES string of the molecule is CC(=NCCN=C(C)C1=NCCN1)C1=NCCN1. The second-order valence-electron chi connectivity index (χ2n) is 4.25. The van der Waals surface area contributed by atoms with Crippen molar-refractivity contribution in [1.29, 1.82) is 0 Å². The molecule has 0 aromatic carbocycles. The Hall–Kier alpha value is -1.72. The maximum absolute atomic E-state index is 4.46. The minimum atomic E-state index is 0.692. The van der Waals surface area contributed by atoms with Crippen LogP contribution >= 0.6 is 0 Å². The van der Waals surface area contributed by atoms with Gasteiger partial charge >= 0.3 is 0 Å². The third kappa shape index (κ3) is 3.38. The Bertz CT molecular complexity index is 378. The molecule has 2 rings (SSSR count). The van der Waals surface area contributed by atoms with E-state index in [1.165, 1.54) is 0 Å². The summed E-state index contributed by atoms with van der Waals surface area (Å²) in [7, 11) is 0. The first-order valence-electron chi connectivity index (χ1n) is 6.37. The van der Waals surface area contributed by atoms with Crippen molar-refractivity contribution < 1.29 is 0 Å². The van der Waals surface area contributed by atoms with Gasteiger partial charge in [0.05, 0.1) is 37.6 Å². The lowest BCUT2D eigenvalue weighted by molar-refractivity contribution is 0.955. The molecule has 2 aliphatic heterocycles.